The van der Waals surface area contributed by atoms with E-state index < -0.39 is 11.6 Å². The normalized spacial score (nSPS) is 22.7. The van der Waals surface area contributed by atoms with E-state index in [-0.39, 0.29) is 89.0 Å². The highest BCUT2D eigenvalue weighted by molar-refractivity contribution is 6.02. The Morgan fingerprint density at radius 2 is 0.658 bits per heavy atom. The minimum absolute atomic E-state index is 0.00828. The molecule has 0 radical (unpaired) electrons. The maximum atomic E-state index is 14.7. The number of likely N-dealkylation sites (tertiary alicyclic amines) is 4. The number of aromatic nitrogens is 16. The zero-order valence-corrected chi connectivity index (χ0v) is 65.3. The van der Waals surface area contributed by atoms with Crippen LogP contribution < -0.4 is 23.7 Å². The second kappa shape index (κ2) is 32.9. The van der Waals surface area contributed by atoms with Crippen LogP contribution in [0.25, 0.3) is 22.7 Å². The van der Waals surface area contributed by atoms with Crippen LogP contribution in [-0.4, -0.2) is 205 Å². The molecule has 598 valence electrons. The van der Waals surface area contributed by atoms with Gasteiger partial charge in [0.1, 0.15) is 69.9 Å². The van der Waals surface area contributed by atoms with E-state index in [4.69, 9.17) is 23.7 Å². The quantitative estimate of drug-likeness (QED) is 0.0818. The molecular weight excluding hydrogens is 1500 g/mol. The molecule has 4 aliphatic carbocycles. The summed E-state index contributed by atoms with van der Waals surface area (Å²) in [5.74, 6) is 2.69. The van der Waals surface area contributed by atoms with Gasteiger partial charge in [0.15, 0.2) is 5.82 Å². The molecule has 4 saturated carbocycles. The molecule has 0 spiro atoms. The molecule has 0 N–H and O–H groups in total. The number of piperidine rings is 4. The fourth-order valence-electron chi connectivity index (χ4n) is 17.9. The number of para-hydroxylation sites is 2. The van der Waals surface area contributed by atoms with E-state index in [0.29, 0.717) is 95.1 Å². The van der Waals surface area contributed by atoms with Crippen molar-refractivity contribution >= 4 is 23.6 Å². The average molecular weight is 1580 g/mol. The molecule has 29 nitrogen and oxygen atoms in total. The first-order chi connectivity index (χ1) is 56.9. The Kier molecular flexibility index (Phi) is 21.5. The summed E-state index contributed by atoms with van der Waals surface area (Å²) in [6, 6.07) is 35.4. The number of rotatable bonds is 17. The fraction of sp³-hybridized carbons (Fsp3) is 0.349. The summed E-state index contributed by atoms with van der Waals surface area (Å²) in [4.78, 5) is 84.1. The highest BCUT2D eigenvalue weighted by Crippen LogP contribution is 2.46. The molecule has 4 amide bonds. The van der Waals surface area contributed by atoms with E-state index in [1.807, 2.05) is 129 Å². The number of carbonyl (C=O) groups excluding carboxylic acids is 4. The number of pyridine rings is 4. The lowest BCUT2D eigenvalue weighted by Crippen LogP contribution is -2.47. The zero-order chi connectivity index (χ0) is 80.5. The van der Waals surface area contributed by atoms with Crippen LogP contribution in [0.2, 0.25) is 0 Å². The van der Waals surface area contributed by atoms with Gasteiger partial charge in [0, 0.05) is 75.2 Å². The lowest BCUT2D eigenvalue weighted by molar-refractivity contribution is 0.0460. The highest BCUT2D eigenvalue weighted by Gasteiger charge is 2.53. The van der Waals surface area contributed by atoms with Gasteiger partial charge >= 0.3 is 0 Å². The Labute approximate surface area is 672 Å². The van der Waals surface area contributed by atoms with Crippen LogP contribution in [0.4, 0.5) is 8.78 Å². The molecule has 4 aromatic carbocycles. The van der Waals surface area contributed by atoms with Crippen molar-refractivity contribution in [3.63, 3.8) is 0 Å². The molecule has 117 heavy (non-hydrogen) atoms. The monoisotopic (exact) mass is 1580 g/mol. The molecule has 8 fully saturated rings. The predicted octanol–water partition coefficient (Wildman–Crippen LogP) is 11.2. The average Bonchev–Trinajstić information content (AvgIpc) is 1.82. The Morgan fingerprint density at radius 1 is 0.342 bits per heavy atom. The van der Waals surface area contributed by atoms with E-state index >= 15 is 0 Å². The van der Waals surface area contributed by atoms with E-state index in [1.54, 1.807) is 84.6 Å². The lowest BCUT2D eigenvalue weighted by atomic mass is 10.0. The van der Waals surface area contributed by atoms with E-state index in [9.17, 15) is 28.0 Å². The van der Waals surface area contributed by atoms with Gasteiger partial charge in [-0.15, -0.1) is 4.80 Å². The van der Waals surface area contributed by atoms with Crippen LogP contribution in [-0.2, 0) is 0 Å². The van der Waals surface area contributed by atoms with Crippen LogP contribution in [0.1, 0.15) is 121 Å². The largest absolute Gasteiger partial charge is 0.496 e. The third-order valence-corrected chi connectivity index (χ3v) is 23.2. The molecule has 12 atom stereocenters. The summed E-state index contributed by atoms with van der Waals surface area (Å²) in [6.45, 7) is 12.6. The van der Waals surface area contributed by atoms with Gasteiger partial charge in [0.25, 0.3) is 23.6 Å². The third kappa shape index (κ3) is 15.8. The first-order valence-electron chi connectivity index (χ1n) is 39.4. The number of amides is 4. The fourth-order valence-corrected chi connectivity index (χ4v) is 17.9. The molecule has 12 unspecified atom stereocenters. The van der Waals surface area contributed by atoms with Crippen molar-refractivity contribution in [2.45, 2.75) is 135 Å². The number of halogens is 2. The molecule has 8 aromatic heterocycles. The Balaban J connectivity index is 0.000000112. The van der Waals surface area contributed by atoms with Crippen molar-refractivity contribution in [3.05, 3.63) is 257 Å². The number of hydrogen-bond acceptors (Lipinski definition) is 21. The molecule has 31 heteroatoms. The van der Waals surface area contributed by atoms with Crippen molar-refractivity contribution in [2.75, 3.05) is 33.3 Å². The first kappa shape index (κ1) is 76.4. The van der Waals surface area contributed by atoms with E-state index in [0.717, 1.165) is 96.2 Å². The summed E-state index contributed by atoms with van der Waals surface area (Å²) < 4.78 is 59.3. The lowest BCUT2D eigenvalue weighted by Gasteiger charge is -2.33. The van der Waals surface area contributed by atoms with Crippen molar-refractivity contribution in [2.24, 2.45) is 23.7 Å². The minimum atomic E-state index is -0.578. The minimum Gasteiger partial charge on any atom is -0.496 e. The molecule has 12 aromatic rings. The summed E-state index contributed by atoms with van der Waals surface area (Å²) in [5, 5.41) is 33.0. The number of aryl methyl sites for hydroxylation is 5. The third-order valence-electron chi connectivity index (χ3n) is 23.2. The van der Waals surface area contributed by atoms with Gasteiger partial charge in [-0.25, -0.2) is 28.7 Å². The summed E-state index contributed by atoms with van der Waals surface area (Å²) >= 11 is 0. The molecule has 4 aliphatic heterocycles. The SMILES string of the molecule is COc1cccc(-n2nccn2)c1C(=O)N1CC2CC(Oc3ccc(C)cn3)C1C2.Cc1ccc(OC2CC3CC2N(C(=O)c2c(F)cccc2-n2nccn2)C3)nc1.Cc1ccc(OC2CC3CC2N(C(=O)c2cccc(C)c2-n2nccn2)C3)nc1.Cc1ccc(OC2CC3CC2N(C(=O)c2cccc(F)c2-n2nccn2)C3)nc1. The Morgan fingerprint density at radius 3 is 1.03 bits per heavy atom. The van der Waals surface area contributed by atoms with Crippen LogP contribution >= 0.6 is 0 Å². The van der Waals surface area contributed by atoms with Crippen molar-refractivity contribution in [1.29, 1.82) is 0 Å². The van der Waals surface area contributed by atoms with Gasteiger partial charge in [-0.2, -0.15) is 55.2 Å². The number of fused-ring (bicyclic) bond motifs is 8. The first-order valence-corrected chi connectivity index (χ1v) is 39.4. The second-order valence-electron chi connectivity index (χ2n) is 31.1. The standard InChI is InChI=1S/C22H23N5O3.C22H23N5O2.2C21H20FN5O2/c1-14-6-7-20(23-12-14)30-19-11-15-10-17(19)26(13-15)22(28)21-16(27-24-8-9-25-27)4-3-5-18(21)29-2;1-14-6-7-20(23-12-14)29-19-11-16-10-18(19)26(13-16)22(28)17-5-3-4-15(2)21(17)27-24-8-9-25-27;1-13-5-6-19(23-11-13)29-18-10-14-9-17(18)26(12-14)21(28)20-15(22)3-2-4-16(20)27-24-7-8-25-27;1-13-5-6-19(23-11-13)29-18-10-14-9-17(18)26(12-14)21(28)15-3-2-4-16(22)20(15)27-24-7-8-25-27/h3-9,12,15,17,19H,10-11,13H2,1-2H3;3-9,12,16,18-19H,10-11,13H2,1-2H3;2*2-8,11,14,17-18H,9-10,12H2,1H3. The summed E-state index contributed by atoms with van der Waals surface area (Å²) in [7, 11) is 1.57. The van der Waals surface area contributed by atoms with Crippen LogP contribution in [0.5, 0.6) is 29.3 Å². The zero-order valence-electron chi connectivity index (χ0n) is 65.3. The summed E-state index contributed by atoms with van der Waals surface area (Å²) in [5.41, 5.74) is 8.35. The number of methoxy groups -OCH3 is 1. The number of nitrogens with zero attached hydrogens (tertiary/aromatic N) is 20. The van der Waals surface area contributed by atoms with Gasteiger partial charge in [-0.05, 0) is 180 Å². The predicted molar refractivity (Wildman–Crippen MR) is 420 cm³/mol. The van der Waals surface area contributed by atoms with Crippen molar-refractivity contribution in [1.82, 2.24) is 99.5 Å². The van der Waals surface area contributed by atoms with Crippen molar-refractivity contribution in [3.8, 4) is 52.0 Å². The maximum absolute atomic E-state index is 14.7. The van der Waals surface area contributed by atoms with Gasteiger partial charge in [0.05, 0.1) is 92.0 Å². The number of hydrogen-bond donors (Lipinski definition) is 0. The van der Waals surface area contributed by atoms with Gasteiger partial charge in [0.2, 0.25) is 23.5 Å². The van der Waals surface area contributed by atoms with Gasteiger partial charge < -0.3 is 43.3 Å². The molecule has 8 bridgehead atoms. The van der Waals surface area contributed by atoms with Gasteiger partial charge in [-0.1, -0.05) is 54.6 Å². The number of ether oxygens (including phenoxy) is 5. The van der Waals surface area contributed by atoms with Crippen molar-refractivity contribution < 1.29 is 51.6 Å². The summed E-state index contributed by atoms with van der Waals surface area (Å²) in [6.07, 6.45) is 26.4. The Bertz CT molecular complexity index is 5350. The molecular formula is C86H86F2N20O9. The highest BCUT2D eigenvalue weighted by atomic mass is 19.1. The maximum Gasteiger partial charge on any atom is 0.260 e. The number of benzene rings is 4. The van der Waals surface area contributed by atoms with Gasteiger partial charge in [-0.3, -0.25) is 19.2 Å². The second-order valence-corrected chi connectivity index (χ2v) is 31.1. The van der Waals surface area contributed by atoms with E-state index in [2.05, 4.69) is 60.7 Å². The van der Waals surface area contributed by atoms with Crippen LogP contribution in [0, 0.1) is 69.9 Å². The topological polar surface area (TPSA) is 302 Å². The molecule has 12 heterocycles. The van der Waals surface area contributed by atoms with Crippen LogP contribution in [0.15, 0.2) is 196 Å². The number of carbonyl (C=O) groups is 4. The molecule has 4 saturated heterocycles. The molecule has 20 rings (SSSR count). The Hall–Kier alpha value is -13.2. The van der Waals surface area contributed by atoms with Crippen LogP contribution in [0.3, 0.4) is 0 Å². The molecule has 8 aliphatic rings. The smallest absolute Gasteiger partial charge is 0.260 e. The van der Waals surface area contributed by atoms with E-state index in [1.165, 1.54) is 57.4 Å².